The van der Waals surface area contributed by atoms with Crippen molar-refractivity contribution in [3.63, 3.8) is 0 Å². The van der Waals surface area contributed by atoms with Crippen LogP contribution in [0.25, 0.3) is 42.4 Å². The Morgan fingerprint density at radius 2 is 1.28 bits per heavy atom. The minimum absolute atomic E-state index is 0.0167. The summed E-state index contributed by atoms with van der Waals surface area (Å²) in [6.07, 6.45) is 19.9. The maximum absolute atomic E-state index is 6.70. The number of hydrogen-bond acceptors (Lipinski definition) is 5. The molecule has 0 amide bonds. The monoisotopic (exact) mass is 1090 g/mol. The van der Waals surface area contributed by atoms with Crippen molar-refractivity contribution in [1.82, 2.24) is 0 Å². The maximum Gasteiger partial charge on any atom is 0.252 e. The van der Waals surface area contributed by atoms with Crippen LogP contribution < -0.4 is 35.7 Å². The van der Waals surface area contributed by atoms with Gasteiger partial charge in [0.05, 0.1) is 19.3 Å². The van der Waals surface area contributed by atoms with Crippen molar-refractivity contribution < 1.29 is 9.47 Å². The molecule has 3 aliphatic heterocycles. The van der Waals surface area contributed by atoms with E-state index in [0.29, 0.717) is 19.1 Å². The number of ether oxygens (including phenoxy) is 2. The summed E-state index contributed by atoms with van der Waals surface area (Å²) in [5, 5.41) is 2.64. The smallest absolute Gasteiger partial charge is 0.252 e. The summed E-state index contributed by atoms with van der Waals surface area (Å²) in [4.78, 5) is 5.40. The van der Waals surface area contributed by atoms with Gasteiger partial charge in [-0.25, -0.2) is 0 Å². The Balaban J connectivity index is 1.02. The molecule has 82 heavy (non-hydrogen) atoms. The van der Waals surface area contributed by atoms with Crippen molar-refractivity contribution in [3.8, 4) is 22.6 Å². The summed E-state index contributed by atoms with van der Waals surface area (Å²) >= 11 is 1.89. The fourth-order valence-corrected chi connectivity index (χ4v) is 15.1. The molecule has 2 atom stereocenters. The van der Waals surface area contributed by atoms with Gasteiger partial charge < -0.3 is 19.3 Å². The normalized spacial score (nSPS) is 18.8. The number of benzene rings is 7. The number of thiophene rings is 1. The lowest BCUT2D eigenvalue weighted by atomic mass is 9.33. The van der Waals surface area contributed by atoms with E-state index >= 15 is 0 Å². The molecule has 3 aliphatic carbocycles. The highest BCUT2D eigenvalue weighted by atomic mass is 32.1. The molecule has 0 saturated heterocycles. The first-order valence-electron chi connectivity index (χ1n) is 30.1. The van der Waals surface area contributed by atoms with Gasteiger partial charge in [0, 0.05) is 66.7 Å². The highest BCUT2D eigenvalue weighted by Crippen LogP contribution is 2.51. The lowest BCUT2D eigenvalue weighted by Gasteiger charge is -2.48. The molecule has 6 aliphatic rings. The summed E-state index contributed by atoms with van der Waals surface area (Å²) < 4.78 is 16.0. The first-order chi connectivity index (χ1) is 39.4. The van der Waals surface area contributed by atoms with Gasteiger partial charge in [0.25, 0.3) is 6.71 Å². The number of rotatable bonds is 6. The van der Waals surface area contributed by atoms with E-state index in [1.54, 1.807) is 0 Å². The highest BCUT2D eigenvalue weighted by molar-refractivity contribution is 7.25. The molecular formula is C76H75BN2O2S. The predicted octanol–water partition coefficient (Wildman–Crippen LogP) is 18.4. The first-order valence-corrected chi connectivity index (χ1v) is 30.9. The standard InChI is InChI=1S/C76H75BN2O2S/c1-47-37-67-73-68(38-47)79(64-34-31-57(76(8,9)10)44-61(64)50-17-12-11-13-18-50)66-46-70-69(80-35-16-36-81-70)45-63(66)77(73)62-33-26-51(52-25-32-60-59-19-14-15-20-71(59)82-72(60)43-52)42-65(62)78(67)58-40-53(48-21-27-55(28-22-48)74(2,3)4)39-54(41-58)49-23-29-56(30-24-49)75(5,6)7/h11-15,17-23,25-29,32-34,37-40,42-46,57-58H,16,24,30-31,35-36,41H2,1-10H3. The Labute approximate surface area is 491 Å². The minimum atomic E-state index is -0.0935. The predicted molar refractivity (Wildman–Crippen MR) is 351 cm³/mol. The lowest BCUT2D eigenvalue weighted by Crippen LogP contribution is -2.63. The number of allylic oxidation sites excluding steroid dienone is 9. The third kappa shape index (κ3) is 9.21. The highest BCUT2D eigenvalue weighted by Gasteiger charge is 2.47. The molecule has 1 aromatic heterocycles. The van der Waals surface area contributed by atoms with Crippen LogP contribution >= 0.6 is 11.3 Å². The molecule has 0 fully saturated rings. The van der Waals surface area contributed by atoms with Gasteiger partial charge in [-0.3, -0.25) is 0 Å². The van der Waals surface area contributed by atoms with E-state index in [1.165, 1.54) is 121 Å². The summed E-state index contributed by atoms with van der Waals surface area (Å²) in [5.74, 6) is 2.00. The first kappa shape index (κ1) is 52.5. The van der Waals surface area contributed by atoms with Gasteiger partial charge in [-0.1, -0.05) is 201 Å². The molecule has 0 N–H and O–H groups in total. The van der Waals surface area contributed by atoms with Crippen LogP contribution in [0.4, 0.5) is 22.7 Å². The van der Waals surface area contributed by atoms with Crippen LogP contribution in [0.3, 0.4) is 0 Å². The summed E-state index contributed by atoms with van der Waals surface area (Å²) in [6, 6.07) is 53.6. The Kier molecular flexibility index (Phi) is 12.7. The molecule has 4 heterocycles. The Morgan fingerprint density at radius 1 is 0.573 bits per heavy atom. The third-order valence-corrected chi connectivity index (χ3v) is 19.7. The second kappa shape index (κ2) is 19.8. The van der Waals surface area contributed by atoms with E-state index in [0.717, 1.165) is 49.3 Å². The van der Waals surface area contributed by atoms with Gasteiger partial charge in [-0.2, -0.15) is 0 Å². The van der Waals surface area contributed by atoms with Crippen molar-refractivity contribution >= 4 is 88.5 Å². The Morgan fingerprint density at radius 3 is 2.02 bits per heavy atom. The van der Waals surface area contributed by atoms with E-state index in [1.807, 2.05) is 11.3 Å². The zero-order valence-electron chi connectivity index (χ0n) is 49.5. The van der Waals surface area contributed by atoms with Gasteiger partial charge in [0.1, 0.15) is 0 Å². The van der Waals surface area contributed by atoms with E-state index < -0.39 is 0 Å². The average Bonchev–Trinajstić information content (AvgIpc) is 1.51. The minimum Gasteiger partial charge on any atom is -0.490 e. The molecule has 0 saturated carbocycles. The average molecular weight is 1090 g/mol. The van der Waals surface area contributed by atoms with E-state index in [9.17, 15) is 0 Å². The fourth-order valence-electron chi connectivity index (χ4n) is 13.9. The third-order valence-electron chi connectivity index (χ3n) is 18.6. The summed E-state index contributed by atoms with van der Waals surface area (Å²) in [5.41, 5.74) is 24.7. The van der Waals surface area contributed by atoms with Gasteiger partial charge in [0.2, 0.25) is 0 Å². The van der Waals surface area contributed by atoms with Crippen molar-refractivity contribution in [2.75, 3.05) is 23.0 Å². The number of anilines is 4. The van der Waals surface area contributed by atoms with Crippen molar-refractivity contribution in [1.29, 1.82) is 0 Å². The fraction of sp³-hybridized carbons (Fsp3) is 0.289. The van der Waals surface area contributed by atoms with Crippen LogP contribution in [-0.4, -0.2) is 26.0 Å². The quantitative estimate of drug-likeness (QED) is 0.155. The van der Waals surface area contributed by atoms with Gasteiger partial charge in [-0.05, 0) is 158 Å². The largest absolute Gasteiger partial charge is 0.490 e. The zero-order valence-corrected chi connectivity index (χ0v) is 50.4. The van der Waals surface area contributed by atoms with Crippen LogP contribution in [-0.2, 0) is 5.41 Å². The second-order valence-corrected chi connectivity index (χ2v) is 28.2. The molecule has 8 aromatic rings. The maximum atomic E-state index is 6.70. The second-order valence-electron chi connectivity index (χ2n) is 27.1. The van der Waals surface area contributed by atoms with Crippen molar-refractivity contribution in [3.05, 3.63) is 221 Å². The number of fused-ring (bicyclic) bond motifs is 8. The molecule has 2 unspecified atom stereocenters. The summed E-state index contributed by atoms with van der Waals surface area (Å²) in [7, 11) is 0. The summed E-state index contributed by atoms with van der Waals surface area (Å²) in [6.45, 7) is 24.6. The molecule has 14 rings (SSSR count). The molecule has 7 aromatic carbocycles. The molecule has 0 radical (unpaired) electrons. The van der Waals surface area contributed by atoms with E-state index in [-0.39, 0.29) is 29.0 Å². The number of nitrogens with zero attached hydrogens (tertiary/aromatic N) is 2. The molecular weight excluding hydrogens is 1020 g/mol. The van der Waals surface area contributed by atoms with Crippen LogP contribution in [0.5, 0.6) is 11.5 Å². The SMILES string of the molecule is Cc1cc2c3c(c1)N(C1C=C(c4ccc(C(C)(C)C)cc4)C=C(C4=CC=C(C(C)(C)C)CC4)C1)c1cc(-c4ccc5c(c4)sc4ccccc45)ccc1B3c1cc3c(cc1N2C1=CCC(C(C)(C)C)C=C1c1ccccc1)OCCCO3. The lowest BCUT2D eigenvalue weighted by molar-refractivity contribution is 0.294. The van der Waals surface area contributed by atoms with Gasteiger partial charge >= 0.3 is 0 Å². The molecule has 0 spiro atoms. The Hall–Kier alpha value is -7.54. The number of aryl methyl sites for hydroxylation is 1. The molecule has 410 valence electrons. The zero-order chi connectivity index (χ0) is 56.4. The van der Waals surface area contributed by atoms with Crippen LogP contribution in [0.15, 0.2) is 198 Å². The number of hydrogen-bond donors (Lipinski definition) is 0. The van der Waals surface area contributed by atoms with Crippen LogP contribution in [0, 0.1) is 23.7 Å². The van der Waals surface area contributed by atoms with Crippen molar-refractivity contribution in [2.45, 2.75) is 113 Å². The van der Waals surface area contributed by atoms with E-state index in [2.05, 4.69) is 255 Å². The molecule has 0 bridgehead atoms. The van der Waals surface area contributed by atoms with Gasteiger partial charge in [0.15, 0.2) is 11.5 Å². The topological polar surface area (TPSA) is 24.9 Å². The van der Waals surface area contributed by atoms with E-state index in [4.69, 9.17) is 9.47 Å². The Bertz CT molecular complexity index is 4110. The van der Waals surface area contributed by atoms with Crippen LogP contribution in [0.1, 0.15) is 117 Å². The van der Waals surface area contributed by atoms with Crippen molar-refractivity contribution in [2.24, 2.45) is 16.7 Å². The van der Waals surface area contributed by atoms with Crippen LogP contribution in [0.2, 0.25) is 0 Å². The van der Waals surface area contributed by atoms with Gasteiger partial charge in [-0.15, -0.1) is 11.3 Å². The molecule has 6 heteroatoms. The molecule has 4 nitrogen and oxygen atoms in total.